The van der Waals surface area contributed by atoms with Crippen molar-refractivity contribution in [2.24, 2.45) is 0 Å². The van der Waals surface area contributed by atoms with E-state index in [-0.39, 0.29) is 23.2 Å². The number of rotatable bonds is 4. The van der Waals surface area contributed by atoms with Gasteiger partial charge in [0.15, 0.2) is 0 Å². The van der Waals surface area contributed by atoms with Crippen LogP contribution in [0.1, 0.15) is 5.56 Å². The highest BCUT2D eigenvalue weighted by Gasteiger charge is 2.08. The minimum atomic E-state index is -0.0374. The van der Waals surface area contributed by atoms with E-state index in [0.717, 1.165) is 5.56 Å². The van der Waals surface area contributed by atoms with E-state index in [9.17, 15) is 0 Å². The largest absolute Gasteiger partial charge is 0.424 e. The Kier molecular flexibility index (Phi) is 4.30. The van der Waals surface area contributed by atoms with Gasteiger partial charge < -0.3 is 9.84 Å². The van der Waals surface area contributed by atoms with Crippen LogP contribution >= 0.6 is 23.2 Å². The van der Waals surface area contributed by atoms with Gasteiger partial charge in [-0.3, -0.25) is 0 Å². The number of para-hydroxylation sites is 1. The van der Waals surface area contributed by atoms with E-state index in [1.54, 1.807) is 12.1 Å². The van der Waals surface area contributed by atoms with Crippen molar-refractivity contribution in [3.05, 3.63) is 40.4 Å². The summed E-state index contributed by atoms with van der Waals surface area (Å²) in [4.78, 5) is 11.2. The maximum absolute atomic E-state index is 8.96. The van der Waals surface area contributed by atoms with E-state index in [1.165, 1.54) is 0 Å². The van der Waals surface area contributed by atoms with E-state index >= 15 is 0 Å². The van der Waals surface area contributed by atoms with Crippen LogP contribution in [0.25, 0.3) is 0 Å². The summed E-state index contributed by atoms with van der Waals surface area (Å²) in [5, 5.41) is 8.88. The number of hydrogen-bond acceptors (Lipinski definition) is 5. The Morgan fingerprint density at radius 1 is 1.06 bits per heavy atom. The molecule has 94 valence electrons. The lowest BCUT2D eigenvalue weighted by Crippen LogP contribution is -1.99. The molecule has 0 radical (unpaired) electrons. The van der Waals surface area contributed by atoms with Gasteiger partial charge in [-0.15, -0.1) is 0 Å². The van der Waals surface area contributed by atoms with Crippen LogP contribution in [0.5, 0.6) is 11.8 Å². The van der Waals surface area contributed by atoms with Gasteiger partial charge in [0.2, 0.25) is 10.6 Å². The highest BCUT2D eigenvalue weighted by atomic mass is 35.5. The van der Waals surface area contributed by atoms with E-state index < -0.39 is 0 Å². The summed E-state index contributed by atoms with van der Waals surface area (Å²) in [5.74, 6) is 0.546. The second kappa shape index (κ2) is 5.95. The van der Waals surface area contributed by atoms with Crippen molar-refractivity contribution < 1.29 is 9.84 Å². The standard InChI is InChI=1S/C11H9Cl2N3O2/c12-9-14-10(13)16-11(15-9)18-8-4-2-1-3-7(8)5-6-17/h1-4,17H,5-6H2. The van der Waals surface area contributed by atoms with Crippen molar-refractivity contribution in [2.45, 2.75) is 6.42 Å². The highest BCUT2D eigenvalue weighted by Crippen LogP contribution is 2.24. The lowest BCUT2D eigenvalue weighted by Gasteiger charge is -2.08. The van der Waals surface area contributed by atoms with E-state index in [2.05, 4.69) is 15.0 Å². The van der Waals surface area contributed by atoms with E-state index in [0.29, 0.717) is 12.2 Å². The molecule has 0 saturated carbocycles. The molecule has 0 saturated heterocycles. The van der Waals surface area contributed by atoms with Crippen LogP contribution in [0.2, 0.25) is 10.6 Å². The van der Waals surface area contributed by atoms with Gasteiger partial charge in [0.1, 0.15) is 5.75 Å². The van der Waals surface area contributed by atoms with Gasteiger partial charge in [-0.1, -0.05) is 18.2 Å². The molecular formula is C11H9Cl2N3O2. The summed E-state index contributed by atoms with van der Waals surface area (Å²) >= 11 is 11.3. The van der Waals surface area contributed by atoms with Gasteiger partial charge in [0.05, 0.1) is 0 Å². The molecule has 1 N–H and O–H groups in total. The minimum absolute atomic E-state index is 0.0189. The van der Waals surface area contributed by atoms with Crippen LogP contribution in [-0.4, -0.2) is 26.7 Å². The van der Waals surface area contributed by atoms with Gasteiger partial charge in [-0.25, -0.2) is 0 Å². The molecule has 0 aliphatic carbocycles. The van der Waals surface area contributed by atoms with E-state index in [4.69, 9.17) is 33.0 Å². The maximum Gasteiger partial charge on any atom is 0.327 e. The van der Waals surface area contributed by atoms with Crippen molar-refractivity contribution in [3.63, 3.8) is 0 Å². The summed E-state index contributed by atoms with van der Waals surface area (Å²) in [6.07, 6.45) is 0.475. The van der Waals surface area contributed by atoms with Crippen molar-refractivity contribution in [1.82, 2.24) is 15.0 Å². The summed E-state index contributed by atoms with van der Waals surface area (Å²) in [5.41, 5.74) is 0.840. The Morgan fingerprint density at radius 3 is 2.39 bits per heavy atom. The number of benzene rings is 1. The monoisotopic (exact) mass is 285 g/mol. The van der Waals surface area contributed by atoms with E-state index in [1.807, 2.05) is 12.1 Å². The summed E-state index contributed by atoms with van der Waals surface area (Å²) in [6, 6.07) is 7.27. The quantitative estimate of drug-likeness (QED) is 0.935. The van der Waals surface area contributed by atoms with Crippen molar-refractivity contribution in [1.29, 1.82) is 0 Å². The third-order valence-corrected chi connectivity index (χ3v) is 2.45. The van der Waals surface area contributed by atoms with Crippen LogP contribution in [0, 0.1) is 0 Å². The van der Waals surface area contributed by atoms with Crippen molar-refractivity contribution in [3.8, 4) is 11.8 Å². The predicted molar refractivity (Wildman–Crippen MR) is 67.2 cm³/mol. The van der Waals surface area contributed by atoms with Crippen LogP contribution in [0.15, 0.2) is 24.3 Å². The fourth-order valence-electron chi connectivity index (χ4n) is 1.38. The van der Waals surface area contributed by atoms with Crippen LogP contribution in [0.3, 0.4) is 0 Å². The third-order valence-electron chi connectivity index (χ3n) is 2.12. The minimum Gasteiger partial charge on any atom is -0.424 e. The summed E-state index contributed by atoms with van der Waals surface area (Å²) in [7, 11) is 0. The molecule has 0 atom stereocenters. The molecule has 0 aliphatic rings. The molecule has 0 unspecified atom stereocenters. The zero-order valence-electron chi connectivity index (χ0n) is 9.18. The third kappa shape index (κ3) is 3.29. The molecule has 0 fully saturated rings. The van der Waals surface area contributed by atoms with Crippen LogP contribution in [0.4, 0.5) is 0 Å². The van der Waals surface area contributed by atoms with Gasteiger partial charge in [-0.2, -0.15) is 15.0 Å². The molecule has 1 heterocycles. The average Bonchev–Trinajstić information content (AvgIpc) is 2.30. The van der Waals surface area contributed by atoms with Gasteiger partial charge in [0, 0.05) is 6.61 Å². The fourth-order valence-corrected chi connectivity index (χ4v) is 1.73. The summed E-state index contributed by atoms with van der Waals surface area (Å²) in [6.45, 7) is 0.0269. The topological polar surface area (TPSA) is 68.1 Å². The average molecular weight is 286 g/mol. The van der Waals surface area contributed by atoms with Gasteiger partial charge >= 0.3 is 6.01 Å². The first-order valence-electron chi connectivity index (χ1n) is 5.12. The Morgan fingerprint density at radius 2 is 1.72 bits per heavy atom. The first-order chi connectivity index (χ1) is 8.69. The molecule has 1 aromatic carbocycles. The first kappa shape index (κ1) is 13.0. The smallest absolute Gasteiger partial charge is 0.327 e. The molecule has 2 aromatic rings. The molecule has 0 aliphatic heterocycles. The number of aliphatic hydroxyl groups is 1. The molecule has 2 rings (SSSR count). The summed E-state index contributed by atoms with van der Waals surface area (Å²) < 4.78 is 5.48. The SMILES string of the molecule is OCCc1ccccc1Oc1nc(Cl)nc(Cl)n1. The molecular weight excluding hydrogens is 277 g/mol. The molecule has 0 bridgehead atoms. The van der Waals surface area contributed by atoms with Gasteiger partial charge in [-0.05, 0) is 41.3 Å². The molecule has 0 spiro atoms. The number of ether oxygens (including phenoxy) is 1. The number of aliphatic hydroxyl groups excluding tert-OH is 1. The molecule has 7 heteroatoms. The zero-order chi connectivity index (χ0) is 13.0. The Labute approximate surface area is 113 Å². The first-order valence-corrected chi connectivity index (χ1v) is 5.88. The normalized spacial score (nSPS) is 10.4. The molecule has 5 nitrogen and oxygen atoms in total. The second-order valence-electron chi connectivity index (χ2n) is 3.34. The van der Waals surface area contributed by atoms with Gasteiger partial charge in [0.25, 0.3) is 0 Å². The number of halogens is 2. The number of hydrogen-bond donors (Lipinski definition) is 1. The maximum atomic E-state index is 8.96. The lowest BCUT2D eigenvalue weighted by atomic mass is 10.1. The highest BCUT2D eigenvalue weighted by molar-refractivity contribution is 6.31. The Bertz CT molecular complexity index is 531. The van der Waals surface area contributed by atoms with Crippen LogP contribution in [-0.2, 0) is 6.42 Å². The Hall–Kier alpha value is -1.43. The fraction of sp³-hybridized carbons (Fsp3) is 0.182. The lowest BCUT2D eigenvalue weighted by molar-refractivity contribution is 0.297. The van der Waals surface area contributed by atoms with Crippen LogP contribution < -0.4 is 4.74 Å². The second-order valence-corrected chi connectivity index (χ2v) is 4.02. The molecule has 18 heavy (non-hydrogen) atoms. The zero-order valence-corrected chi connectivity index (χ0v) is 10.7. The predicted octanol–water partition coefficient (Wildman–Crippen LogP) is 2.51. The molecule has 0 amide bonds. The Balaban J connectivity index is 2.27. The number of nitrogens with zero attached hydrogens (tertiary/aromatic N) is 3. The van der Waals surface area contributed by atoms with Crippen molar-refractivity contribution in [2.75, 3.05) is 6.61 Å². The number of aromatic nitrogens is 3. The molecule has 1 aromatic heterocycles. The van der Waals surface area contributed by atoms with Crippen molar-refractivity contribution >= 4 is 23.2 Å².